The van der Waals surface area contributed by atoms with Gasteiger partial charge in [-0.15, -0.1) is 11.3 Å². The van der Waals surface area contributed by atoms with E-state index < -0.39 is 10.8 Å². The summed E-state index contributed by atoms with van der Waals surface area (Å²) in [6.07, 6.45) is 1.45. The lowest BCUT2D eigenvalue weighted by Gasteiger charge is -1.97. The maximum Gasteiger partial charge on any atom is 0.182 e. The molecule has 0 aliphatic rings. The minimum atomic E-state index is -1.22. The molecular formula is C11H11N5OS2. The molecule has 19 heavy (non-hydrogen) atoms. The summed E-state index contributed by atoms with van der Waals surface area (Å²) in [7, 11) is 0.557. The Kier molecular flexibility index (Phi) is 3.03. The van der Waals surface area contributed by atoms with Crippen molar-refractivity contribution in [2.75, 3.05) is 5.73 Å². The number of benzene rings is 1. The molecular weight excluding hydrogens is 282 g/mol. The molecule has 6 nitrogen and oxygen atoms in total. The van der Waals surface area contributed by atoms with Gasteiger partial charge in [0.1, 0.15) is 12.2 Å². The fourth-order valence-electron chi connectivity index (χ4n) is 1.65. The monoisotopic (exact) mass is 293 g/mol. The molecule has 2 aromatic heterocycles. The van der Waals surface area contributed by atoms with E-state index in [1.54, 1.807) is 17.8 Å². The Balaban J connectivity index is 1.91. The van der Waals surface area contributed by atoms with Crippen molar-refractivity contribution in [3.05, 3.63) is 30.4 Å². The number of nitrogens with zero attached hydrogens (tertiary/aromatic N) is 4. The zero-order valence-electron chi connectivity index (χ0n) is 10.1. The average Bonchev–Trinajstić information content (AvgIpc) is 2.96. The molecule has 3 aromatic rings. The molecule has 0 saturated carbocycles. The summed E-state index contributed by atoms with van der Waals surface area (Å²) in [4.78, 5) is 8.43. The van der Waals surface area contributed by atoms with Gasteiger partial charge >= 0.3 is 0 Å². The fourth-order valence-corrected chi connectivity index (χ4v) is 4.03. The molecule has 0 fully saturated rings. The van der Waals surface area contributed by atoms with E-state index in [0.29, 0.717) is 21.6 Å². The third-order valence-electron chi connectivity index (χ3n) is 2.65. The zero-order chi connectivity index (χ0) is 13.4. The van der Waals surface area contributed by atoms with Crippen LogP contribution in [0.4, 0.5) is 5.69 Å². The highest BCUT2D eigenvalue weighted by Crippen LogP contribution is 2.26. The lowest BCUT2D eigenvalue weighted by atomic mass is 10.3. The van der Waals surface area contributed by atoms with E-state index in [1.807, 2.05) is 12.1 Å². The minimum absolute atomic E-state index is 0.311. The van der Waals surface area contributed by atoms with Crippen LogP contribution in [0.3, 0.4) is 0 Å². The molecule has 1 aromatic carbocycles. The molecule has 2 N–H and O–H groups in total. The quantitative estimate of drug-likeness (QED) is 0.736. The van der Waals surface area contributed by atoms with Crippen LogP contribution in [0.2, 0.25) is 0 Å². The Morgan fingerprint density at radius 3 is 3.05 bits per heavy atom. The van der Waals surface area contributed by atoms with Gasteiger partial charge in [-0.1, -0.05) is 0 Å². The Morgan fingerprint density at radius 1 is 1.47 bits per heavy atom. The molecule has 3 rings (SSSR count). The van der Waals surface area contributed by atoms with Crippen molar-refractivity contribution in [1.29, 1.82) is 0 Å². The molecule has 0 amide bonds. The van der Waals surface area contributed by atoms with Gasteiger partial charge in [0.25, 0.3) is 0 Å². The predicted octanol–water partition coefficient (Wildman–Crippen LogP) is 1.31. The van der Waals surface area contributed by atoms with Crippen LogP contribution < -0.4 is 5.73 Å². The highest BCUT2D eigenvalue weighted by molar-refractivity contribution is 7.86. The van der Waals surface area contributed by atoms with Crippen LogP contribution in [0.15, 0.2) is 28.9 Å². The van der Waals surface area contributed by atoms with E-state index in [2.05, 4.69) is 15.1 Å². The number of fused-ring (bicyclic) bond motifs is 1. The first-order chi connectivity index (χ1) is 9.13. The van der Waals surface area contributed by atoms with Gasteiger partial charge in [-0.25, -0.2) is 9.97 Å². The summed E-state index contributed by atoms with van der Waals surface area (Å²) in [6, 6.07) is 5.47. The summed E-state index contributed by atoms with van der Waals surface area (Å²) >= 11 is 1.40. The molecule has 0 spiro atoms. The highest BCUT2D eigenvalue weighted by Gasteiger charge is 2.14. The van der Waals surface area contributed by atoms with Crippen LogP contribution >= 0.6 is 11.3 Å². The fraction of sp³-hybridized carbons (Fsp3) is 0.182. The van der Waals surface area contributed by atoms with Crippen LogP contribution in [0, 0.1) is 0 Å². The van der Waals surface area contributed by atoms with Crippen molar-refractivity contribution in [2.24, 2.45) is 7.05 Å². The maximum absolute atomic E-state index is 12.3. The summed E-state index contributed by atoms with van der Waals surface area (Å²) in [6.45, 7) is 0. The summed E-state index contributed by atoms with van der Waals surface area (Å²) < 4.78 is 15.4. The van der Waals surface area contributed by atoms with Crippen LogP contribution in [0.5, 0.6) is 0 Å². The van der Waals surface area contributed by atoms with Crippen molar-refractivity contribution in [1.82, 2.24) is 19.7 Å². The molecule has 0 saturated heterocycles. The third kappa shape index (κ3) is 2.36. The normalized spacial score (nSPS) is 12.9. The smallest absolute Gasteiger partial charge is 0.182 e. The van der Waals surface area contributed by atoms with E-state index in [4.69, 9.17) is 5.73 Å². The number of aromatic nitrogens is 4. The molecule has 0 radical (unpaired) electrons. The van der Waals surface area contributed by atoms with Crippen LogP contribution in [-0.4, -0.2) is 24.0 Å². The number of thiazole rings is 1. The number of anilines is 1. The van der Waals surface area contributed by atoms with Gasteiger partial charge in [0.2, 0.25) is 0 Å². The van der Waals surface area contributed by atoms with Crippen molar-refractivity contribution in [2.45, 2.75) is 10.1 Å². The van der Waals surface area contributed by atoms with Gasteiger partial charge in [0.15, 0.2) is 4.34 Å². The van der Waals surface area contributed by atoms with Crippen molar-refractivity contribution >= 4 is 38.0 Å². The second kappa shape index (κ2) is 4.71. The number of hydrogen-bond acceptors (Lipinski definition) is 6. The van der Waals surface area contributed by atoms with Gasteiger partial charge < -0.3 is 5.73 Å². The summed E-state index contributed by atoms with van der Waals surface area (Å²) in [5.41, 5.74) is 7.22. The van der Waals surface area contributed by atoms with E-state index in [-0.39, 0.29) is 0 Å². The predicted molar refractivity (Wildman–Crippen MR) is 75.1 cm³/mol. The highest BCUT2D eigenvalue weighted by atomic mass is 32.2. The van der Waals surface area contributed by atoms with Gasteiger partial charge in [0, 0.05) is 12.7 Å². The molecule has 98 valence electrons. The molecule has 8 heteroatoms. The standard InChI is InChI=1S/C11H11N5OS2/c1-16-10(13-6-14-16)5-19(17)11-15-8-3-2-7(12)4-9(8)18-11/h2-4,6H,5,12H2,1H3. The SMILES string of the molecule is Cn1ncnc1CS(=O)c1nc2ccc(N)cc2s1. The third-order valence-corrected chi connectivity index (χ3v) is 5.27. The summed E-state index contributed by atoms with van der Waals surface area (Å²) in [5, 5.41) is 3.96. The Morgan fingerprint density at radius 2 is 2.32 bits per heavy atom. The van der Waals surface area contributed by atoms with Gasteiger partial charge in [-0.3, -0.25) is 8.89 Å². The minimum Gasteiger partial charge on any atom is -0.399 e. The number of nitrogen functional groups attached to an aromatic ring is 1. The number of hydrogen-bond donors (Lipinski definition) is 1. The zero-order valence-corrected chi connectivity index (χ0v) is 11.7. The first kappa shape index (κ1) is 12.2. The van der Waals surface area contributed by atoms with Crippen LogP contribution in [0.1, 0.15) is 5.82 Å². The lowest BCUT2D eigenvalue weighted by Crippen LogP contribution is -2.04. The first-order valence-corrected chi connectivity index (χ1v) is 7.64. The van der Waals surface area contributed by atoms with E-state index >= 15 is 0 Å². The van der Waals surface area contributed by atoms with Gasteiger partial charge in [-0.05, 0) is 18.2 Å². The summed E-state index contributed by atoms with van der Waals surface area (Å²) in [5.74, 6) is 0.989. The van der Waals surface area contributed by atoms with E-state index in [0.717, 1.165) is 10.2 Å². The first-order valence-electron chi connectivity index (χ1n) is 5.51. The van der Waals surface area contributed by atoms with Crippen molar-refractivity contribution in [3.8, 4) is 0 Å². The van der Waals surface area contributed by atoms with E-state index in [1.165, 1.54) is 17.7 Å². The second-order valence-corrected chi connectivity index (χ2v) is 6.65. The molecule has 0 aliphatic carbocycles. The van der Waals surface area contributed by atoms with Crippen molar-refractivity contribution in [3.63, 3.8) is 0 Å². The topological polar surface area (TPSA) is 86.7 Å². The van der Waals surface area contributed by atoms with Crippen LogP contribution in [-0.2, 0) is 23.6 Å². The van der Waals surface area contributed by atoms with Gasteiger partial charge in [0.05, 0.1) is 26.8 Å². The second-order valence-electron chi connectivity index (χ2n) is 4.00. The average molecular weight is 293 g/mol. The van der Waals surface area contributed by atoms with Crippen LogP contribution in [0.25, 0.3) is 10.2 Å². The Labute approximate surface area is 115 Å². The van der Waals surface area contributed by atoms with E-state index in [9.17, 15) is 4.21 Å². The Hall–Kier alpha value is -1.80. The largest absolute Gasteiger partial charge is 0.399 e. The maximum atomic E-state index is 12.3. The molecule has 2 heterocycles. The number of aryl methyl sites for hydroxylation is 1. The molecule has 0 aliphatic heterocycles. The Bertz CT molecular complexity index is 763. The molecule has 1 unspecified atom stereocenters. The number of rotatable bonds is 3. The molecule has 0 bridgehead atoms. The molecule has 1 atom stereocenters. The van der Waals surface area contributed by atoms with Gasteiger partial charge in [-0.2, -0.15) is 5.10 Å². The number of nitrogens with two attached hydrogens (primary N) is 1. The van der Waals surface area contributed by atoms with Crippen molar-refractivity contribution < 1.29 is 4.21 Å². The lowest BCUT2D eigenvalue weighted by molar-refractivity contribution is 0.674.